The molecule has 0 aliphatic carbocycles. The van der Waals surface area contributed by atoms with E-state index in [2.05, 4.69) is 238 Å². The van der Waals surface area contributed by atoms with Crippen molar-refractivity contribution in [1.82, 2.24) is 13.7 Å². The number of hydrogen-bond donors (Lipinski definition) is 0. The van der Waals surface area contributed by atoms with Gasteiger partial charge in [-0.3, -0.25) is 0 Å². The van der Waals surface area contributed by atoms with Crippen molar-refractivity contribution in [3.63, 3.8) is 0 Å². The molecule has 0 aliphatic heterocycles. The van der Waals surface area contributed by atoms with Crippen molar-refractivity contribution in [1.29, 1.82) is 0 Å². The molecule has 0 N–H and O–H groups in total. The zero-order valence-electron chi connectivity index (χ0n) is 33.2. The van der Waals surface area contributed by atoms with Crippen molar-refractivity contribution >= 4 is 76.2 Å². The number of aromatic nitrogens is 3. The Labute approximate surface area is 352 Å². The van der Waals surface area contributed by atoms with E-state index >= 15 is 0 Å². The molecule has 0 unspecified atom stereocenters. The van der Waals surface area contributed by atoms with Crippen LogP contribution in [0.3, 0.4) is 0 Å². The van der Waals surface area contributed by atoms with Gasteiger partial charge in [-0.1, -0.05) is 140 Å². The first-order valence-electron chi connectivity index (χ1n) is 21.0. The van der Waals surface area contributed by atoms with Crippen LogP contribution in [0.4, 0.5) is 0 Å². The van der Waals surface area contributed by atoms with Crippen LogP contribution in [0.15, 0.2) is 224 Å². The number of fused-ring (bicyclic) bond motifs is 10. The highest BCUT2D eigenvalue weighted by molar-refractivity contribution is 6.20. The van der Waals surface area contributed by atoms with Crippen LogP contribution in [0.5, 0.6) is 0 Å². The minimum Gasteiger partial charge on any atom is -0.309 e. The van der Waals surface area contributed by atoms with Crippen LogP contribution in [0.1, 0.15) is 0 Å². The molecule has 284 valence electrons. The Morgan fingerprint density at radius 3 is 1.36 bits per heavy atom. The van der Waals surface area contributed by atoms with Crippen molar-refractivity contribution in [3.05, 3.63) is 224 Å². The van der Waals surface area contributed by atoms with Crippen molar-refractivity contribution in [2.45, 2.75) is 0 Å². The van der Waals surface area contributed by atoms with Crippen LogP contribution in [-0.4, -0.2) is 13.7 Å². The van der Waals surface area contributed by atoms with E-state index < -0.39 is 0 Å². The van der Waals surface area contributed by atoms with Gasteiger partial charge in [0, 0.05) is 49.4 Å². The quantitative estimate of drug-likeness (QED) is 0.165. The summed E-state index contributed by atoms with van der Waals surface area (Å²) < 4.78 is 7.30. The number of benzene rings is 10. The summed E-state index contributed by atoms with van der Waals surface area (Å²) in [7, 11) is 0. The summed E-state index contributed by atoms with van der Waals surface area (Å²) in [5, 5.41) is 9.95. The monoisotopic (exact) mass is 775 g/mol. The van der Waals surface area contributed by atoms with Gasteiger partial charge in [0.05, 0.1) is 33.1 Å². The molecule has 13 aromatic rings. The summed E-state index contributed by atoms with van der Waals surface area (Å²) in [5.41, 5.74) is 15.5. The summed E-state index contributed by atoms with van der Waals surface area (Å²) >= 11 is 0. The zero-order valence-corrected chi connectivity index (χ0v) is 33.2. The minimum atomic E-state index is 1.15. The zero-order chi connectivity index (χ0) is 40.0. The molecule has 13 rings (SSSR count). The lowest BCUT2D eigenvalue weighted by Crippen LogP contribution is -1.96. The van der Waals surface area contributed by atoms with Crippen LogP contribution < -0.4 is 0 Å². The maximum absolute atomic E-state index is 2.44. The van der Waals surface area contributed by atoms with Gasteiger partial charge in [0.2, 0.25) is 0 Å². The topological polar surface area (TPSA) is 14.8 Å². The first kappa shape index (κ1) is 33.8. The Kier molecular flexibility index (Phi) is 7.31. The first-order chi connectivity index (χ1) is 30.2. The third-order valence-electron chi connectivity index (χ3n) is 12.8. The second-order valence-corrected chi connectivity index (χ2v) is 16.2. The second-order valence-electron chi connectivity index (χ2n) is 16.2. The van der Waals surface area contributed by atoms with Gasteiger partial charge in [-0.25, -0.2) is 0 Å². The highest BCUT2D eigenvalue weighted by Gasteiger charge is 2.20. The van der Waals surface area contributed by atoms with E-state index in [1.165, 1.54) is 98.4 Å². The summed E-state index contributed by atoms with van der Waals surface area (Å²) in [6.07, 6.45) is 0. The lowest BCUT2D eigenvalue weighted by atomic mass is 10.00. The average Bonchev–Trinajstić information content (AvgIpc) is 3.96. The second kappa shape index (κ2) is 13.2. The van der Waals surface area contributed by atoms with E-state index in [9.17, 15) is 0 Å². The Morgan fingerprint density at radius 2 is 0.656 bits per heavy atom. The molecule has 10 aromatic carbocycles. The van der Waals surface area contributed by atoms with Crippen LogP contribution in [0.2, 0.25) is 0 Å². The Balaban J connectivity index is 1.03. The van der Waals surface area contributed by atoms with Crippen molar-refractivity contribution in [3.8, 4) is 39.3 Å². The van der Waals surface area contributed by atoms with Crippen molar-refractivity contribution in [2.24, 2.45) is 0 Å². The van der Waals surface area contributed by atoms with Gasteiger partial charge in [-0.2, -0.15) is 0 Å². The summed E-state index contributed by atoms with van der Waals surface area (Å²) in [5.74, 6) is 0. The van der Waals surface area contributed by atoms with Gasteiger partial charge in [0.1, 0.15) is 0 Å². The third kappa shape index (κ3) is 5.17. The number of hydrogen-bond acceptors (Lipinski definition) is 0. The summed E-state index contributed by atoms with van der Waals surface area (Å²) in [6.45, 7) is 0. The minimum absolute atomic E-state index is 1.15. The Bertz CT molecular complexity index is 3860. The fourth-order valence-electron chi connectivity index (χ4n) is 10.00. The normalized spacial score (nSPS) is 11.9. The molecule has 3 heteroatoms. The average molecular weight is 776 g/mol. The molecule has 0 spiro atoms. The van der Waals surface area contributed by atoms with Gasteiger partial charge in [-0.05, 0) is 118 Å². The Hall–Kier alpha value is -8.14. The predicted octanol–water partition coefficient (Wildman–Crippen LogP) is 15.5. The molecule has 0 radical (unpaired) electrons. The smallest absolute Gasteiger partial charge is 0.0562 e. The number of rotatable bonds is 5. The fourth-order valence-corrected chi connectivity index (χ4v) is 10.00. The molecule has 0 saturated heterocycles. The van der Waals surface area contributed by atoms with Crippen molar-refractivity contribution < 1.29 is 0 Å². The SMILES string of the molecule is c1ccc(-c2cccc(-n3c4ccccc4c4cc(-c5ccc6c(c5)c5cc7c8ccccc8n(-c8ccc9ccccc9c8)c7cc5n6-c5ccccc5)ccc43)c2)cc1. The molecule has 0 amide bonds. The van der Waals surface area contributed by atoms with Crippen LogP contribution >= 0.6 is 0 Å². The van der Waals surface area contributed by atoms with Crippen molar-refractivity contribution in [2.75, 3.05) is 0 Å². The molecular formula is C58H37N3. The maximum Gasteiger partial charge on any atom is 0.0562 e. The highest BCUT2D eigenvalue weighted by Crippen LogP contribution is 2.42. The number of nitrogens with zero attached hydrogens (tertiary/aromatic N) is 3. The molecular weight excluding hydrogens is 739 g/mol. The summed E-state index contributed by atoms with van der Waals surface area (Å²) in [6, 6.07) is 82.3. The molecule has 61 heavy (non-hydrogen) atoms. The van der Waals surface area contributed by atoms with Crippen LogP contribution in [0.25, 0.3) is 116 Å². The van der Waals surface area contributed by atoms with E-state index in [0.29, 0.717) is 0 Å². The molecule has 0 fully saturated rings. The fraction of sp³-hybridized carbons (Fsp3) is 0. The van der Waals surface area contributed by atoms with Crippen LogP contribution in [0, 0.1) is 0 Å². The lowest BCUT2D eigenvalue weighted by molar-refractivity contribution is 1.17. The van der Waals surface area contributed by atoms with Gasteiger partial charge in [0.25, 0.3) is 0 Å². The predicted molar refractivity (Wildman–Crippen MR) is 258 cm³/mol. The molecule has 0 atom stereocenters. The van der Waals surface area contributed by atoms with Gasteiger partial charge >= 0.3 is 0 Å². The first-order valence-corrected chi connectivity index (χ1v) is 21.0. The van der Waals surface area contributed by atoms with E-state index in [0.717, 1.165) is 17.1 Å². The molecule has 0 saturated carbocycles. The molecule has 3 aromatic heterocycles. The molecule has 3 nitrogen and oxygen atoms in total. The summed E-state index contributed by atoms with van der Waals surface area (Å²) in [4.78, 5) is 0. The largest absolute Gasteiger partial charge is 0.309 e. The van der Waals surface area contributed by atoms with Gasteiger partial charge < -0.3 is 13.7 Å². The van der Waals surface area contributed by atoms with E-state index in [1.807, 2.05) is 0 Å². The highest BCUT2D eigenvalue weighted by atomic mass is 15.0. The maximum atomic E-state index is 2.44. The lowest BCUT2D eigenvalue weighted by Gasteiger charge is -2.11. The van der Waals surface area contributed by atoms with E-state index in [4.69, 9.17) is 0 Å². The van der Waals surface area contributed by atoms with E-state index in [1.54, 1.807) is 0 Å². The van der Waals surface area contributed by atoms with Gasteiger partial charge in [-0.15, -0.1) is 0 Å². The standard InChI is InChI=1S/C58H37N3/c1-3-14-38(15-4-1)41-18-13-21-45(32-41)60-53-24-11-9-22-47(53)49-34-42(27-30-55(49)60)43-28-31-56-50(35-43)52-36-51-48-23-10-12-25-54(48)61(46-29-26-39-16-7-8-17-40(39)33-46)57(51)37-58(52)59(56)44-19-5-2-6-20-44/h1-37H. The molecule has 3 heterocycles. The van der Waals surface area contributed by atoms with E-state index in [-0.39, 0.29) is 0 Å². The van der Waals surface area contributed by atoms with Crippen LogP contribution in [-0.2, 0) is 0 Å². The molecule has 0 aliphatic rings. The number of para-hydroxylation sites is 3. The Morgan fingerprint density at radius 1 is 0.197 bits per heavy atom. The van der Waals surface area contributed by atoms with Gasteiger partial charge in [0.15, 0.2) is 0 Å². The molecule has 0 bridgehead atoms. The third-order valence-corrected chi connectivity index (χ3v) is 12.8.